The molecule has 0 N–H and O–H groups in total. The van der Waals surface area contributed by atoms with E-state index in [1.165, 1.54) is 9.91 Å². The van der Waals surface area contributed by atoms with E-state index in [0.29, 0.717) is 0 Å². The van der Waals surface area contributed by atoms with Crippen molar-refractivity contribution in [3.8, 4) is 0 Å². The van der Waals surface area contributed by atoms with Gasteiger partial charge in [-0.15, -0.1) is 0 Å². The highest BCUT2D eigenvalue weighted by Crippen LogP contribution is 1.57. The molecule has 0 bridgehead atoms. The second-order valence-electron chi connectivity index (χ2n) is 0.185. The van der Waals surface area contributed by atoms with Crippen LogP contribution in [0.15, 0.2) is 0 Å². The quantitative estimate of drug-likeness (QED) is 0.318. The van der Waals surface area contributed by atoms with Crippen molar-refractivity contribution < 1.29 is 0 Å². The highest BCUT2D eigenvalue weighted by atomic mass is 127. The SMILES string of the molecule is S=S=CI. The van der Waals surface area contributed by atoms with Crippen LogP contribution < -0.4 is 0 Å². The van der Waals surface area contributed by atoms with Crippen LogP contribution in [0.25, 0.3) is 0 Å². The molecule has 0 aliphatic carbocycles. The van der Waals surface area contributed by atoms with E-state index in [1.807, 2.05) is 3.37 Å². The zero-order chi connectivity index (χ0) is 3.41. The predicted octanol–water partition coefficient (Wildman–Crippen LogP) is 0.726. The first-order valence-corrected chi connectivity index (χ1v) is 3.67. The molecule has 0 aliphatic heterocycles. The predicted molar refractivity (Wildman–Crippen MR) is 34.8 cm³/mol. The van der Waals surface area contributed by atoms with Gasteiger partial charge in [-0.25, -0.2) is 0 Å². The number of hydrogen-bond acceptors (Lipinski definition) is 1. The van der Waals surface area contributed by atoms with Crippen molar-refractivity contribution in [1.82, 2.24) is 0 Å². The molecule has 0 amide bonds. The van der Waals surface area contributed by atoms with Gasteiger partial charge >= 0.3 is 0 Å². The number of halogens is 1. The second kappa shape index (κ2) is 4.04. The molecule has 0 aromatic rings. The summed E-state index contributed by atoms with van der Waals surface area (Å²) in [5, 5.41) is 0. The molecule has 4 heavy (non-hydrogen) atoms. The van der Waals surface area contributed by atoms with Crippen molar-refractivity contribution >= 4 is 47.1 Å². The van der Waals surface area contributed by atoms with E-state index in [2.05, 4.69) is 33.8 Å². The van der Waals surface area contributed by atoms with E-state index >= 15 is 0 Å². The molecule has 0 rings (SSSR count). The lowest BCUT2D eigenvalue weighted by atomic mass is 12.0. The van der Waals surface area contributed by atoms with Crippen molar-refractivity contribution in [2.24, 2.45) is 0 Å². The normalized spacial score (nSPS) is 5.25. The highest BCUT2D eigenvalue weighted by Gasteiger charge is 1.30. The fourth-order valence-electron chi connectivity index (χ4n) is 0. The first-order chi connectivity index (χ1) is 1.91. The van der Waals surface area contributed by atoms with E-state index in [9.17, 15) is 0 Å². The molecule has 0 aliphatic rings. The molecule has 0 spiro atoms. The van der Waals surface area contributed by atoms with Crippen LogP contribution in [-0.2, 0) is 21.1 Å². The molecule has 0 nitrogen and oxygen atoms in total. The van der Waals surface area contributed by atoms with Gasteiger partial charge in [-0.3, -0.25) is 0 Å². The van der Waals surface area contributed by atoms with Crippen LogP contribution in [0.5, 0.6) is 0 Å². The van der Waals surface area contributed by atoms with Gasteiger partial charge in [0, 0.05) is 3.37 Å². The second-order valence-corrected chi connectivity index (χ2v) is 2.66. The number of rotatable bonds is 0. The van der Waals surface area contributed by atoms with Crippen LogP contribution in [0.2, 0.25) is 0 Å². The Morgan fingerprint density at radius 2 is 2.25 bits per heavy atom. The third kappa shape index (κ3) is 3.04. The summed E-state index contributed by atoms with van der Waals surface area (Å²) in [6, 6.07) is 0. The van der Waals surface area contributed by atoms with E-state index in [1.54, 1.807) is 0 Å². The summed E-state index contributed by atoms with van der Waals surface area (Å²) in [5.74, 6) is 0. The first-order valence-electron chi connectivity index (χ1n) is 0.621. The van der Waals surface area contributed by atoms with Crippen molar-refractivity contribution in [2.75, 3.05) is 0 Å². The van der Waals surface area contributed by atoms with Crippen LogP contribution in [0, 0.1) is 0 Å². The summed E-state index contributed by atoms with van der Waals surface area (Å²) in [6.07, 6.45) is 0. The summed E-state index contributed by atoms with van der Waals surface area (Å²) in [5.41, 5.74) is 0. The lowest BCUT2D eigenvalue weighted by molar-refractivity contribution is 4.70. The molecule has 0 radical (unpaired) electrons. The van der Waals surface area contributed by atoms with Gasteiger partial charge in [-0.05, 0) is 33.8 Å². The average Bonchev–Trinajstić information content (AvgIpc) is 1.37. The minimum atomic E-state index is 1.30. The minimum Gasteiger partial charge on any atom is -0.0705 e. The summed E-state index contributed by atoms with van der Waals surface area (Å²) in [6.45, 7) is 0. The van der Waals surface area contributed by atoms with Gasteiger partial charge in [0.05, 0.1) is 0 Å². The standard InChI is InChI=1S/CHIS2/c2-1-4-3/h1H. The maximum atomic E-state index is 4.41. The summed E-state index contributed by atoms with van der Waals surface area (Å²) < 4.78 is 1.83. The molecule has 0 saturated heterocycles. The van der Waals surface area contributed by atoms with Gasteiger partial charge in [0.1, 0.15) is 0 Å². The Morgan fingerprint density at radius 3 is 2.25 bits per heavy atom. The highest BCUT2D eigenvalue weighted by molar-refractivity contribution is 14.1. The topological polar surface area (TPSA) is 0 Å². The molecule has 0 aromatic carbocycles. The van der Waals surface area contributed by atoms with Crippen LogP contribution >= 0.6 is 22.6 Å². The Labute approximate surface area is 46.9 Å². The Morgan fingerprint density at radius 1 is 2.00 bits per heavy atom. The van der Waals surface area contributed by atoms with Gasteiger partial charge in [0.15, 0.2) is 0 Å². The minimum absolute atomic E-state index is 1.30. The Bertz CT molecular complexity index is 44.0. The average molecular weight is 204 g/mol. The van der Waals surface area contributed by atoms with E-state index in [-0.39, 0.29) is 0 Å². The first kappa shape index (κ1) is 5.04. The smallest absolute Gasteiger partial charge is 0.0407 e. The monoisotopic (exact) mass is 204 g/mol. The molecule has 0 fully saturated rings. The van der Waals surface area contributed by atoms with Gasteiger partial charge in [-0.2, -0.15) is 0 Å². The molecular formula is CHIS2. The van der Waals surface area contributed by atoms with E-state index < -0.39 is 0 Å². The lowest BCUT2D eigenvalue weighted by Gasteiger charge is -1.32. The van der Waals surface area contributed by atoms with Crippen LogP contribution in [0.3, 0.4) is 0 Å². The maximum Gasteiger partial charge on any atom is 0.0407 e. The van der Waals surface area contributed by atoms with Crippen LogP contribution in [-0.4, -0.2) is 3.37 Å². The molecular weight excluding hydrogens is 203 g/mol. The van der Waals surface area contributed by atoms with Crippen molar-refractivity contribution in [3.63, 3.8) is 0 Å². The Hall–Kier alpha value is 1.04. The molecule has 3 heteroatoms. The van der Waals surface area contributed by atoms with Crippen molar-refractivity contribution in [2.45, 2.75) is 0 Å². The van der Waals surface area contributed by atoms with Gasteiger partial charge in [-0.1, -0.05) is 9.91 Å². The van der Waals surface area contributed by atoms with Gasteiger partial charge in [0.2, 0.25) is 0 Å². The molecule has 0 atom stereocenters. The molecule has 0 saturated carbocycles. The molecule has 0 aromatic heterocycles. The van der Waals surface area contributed by atoms with Crippen molar-refractivity contribution in [1.29, 1.82) is 0 Å². The van der Waals surface area contributed by atoms with E-state index in [4.69, 9.17) is 0 Å². The maximum absolute atomic E-state index is 4.41. The summed E-state index contributed by atoms with van der Waals surface area (Å²) >= 11 is 6.49. The number of hydrogen-bond donors (Lipinski definition) is 0. The third-order valence-electron chi connectivity index (χ3n) is 0.0364. The summed E-state index contributed by atoms with van der Waals surface area (Å²) in [7, 11) is 1.30. The fraction of sp³-hybridized carbons (Fsp3) is 0. The van der Waals surface area contributed by atoms with Gasteiger partial charge in [0.25, 0.3) is 0 Å². The van der Waals surface area contributed by atoms with Crippen LogP contribution in [0.4, 0.5) is 0 Å². The molecule has 0 unspecified atom stereocenters. The Kier molecular flexibility index (Phi) is 5.09. The Balaban J connectivity index is 3.11. The third-order valence-corrected chi connectivity index (χ3v) is 2.20. The largest absolute Gasteiger partial charge is 0.0705 e. The zero-order valence-corrected chi connectivity index (χ0v) is 5.56. The lowest BCUT2D eigenvalue weighted by Crippen LogP contribution is -1.29. The summed E-state index contributed by atoms with van der Waals surface area (Å²) in [4.78, 5) is 0. The molecule has 24 valence electrons. The van der Waals surface area contributed by atoms with Gasteiger partial charge < -0.3 is 0 Å². The van der Waals surface area contributed by atoms with Crippen molar-refractivity contribution in [3.05, 3.63) is 0 Å². The fourth-order valence-corrected chi connectivity index (χ4v) is 0. The van der Waals surface area contributed by atoms with E-state index in [0.717, 1.165) is 0 Å². The zero-order valence-electron chi connectivity index (χ0n) is 1.77. The molecule has 0 heterocycles. The van der Waals surface area contributed by atoms with Crippen LogP contribution in [0.1, 0.15) is 0 Å².